The van der Waals surface area contributed by atoms with Crippen molar-refractivity contribution in [3.63, 3.8) is 0 Å². The number of hydrogen-bond acceptors (Lipinski definition) is 4. The van der Waals surface area contributed by atoms with Crippen LogP contribution in [0.15, 0.2) is 0 Å². The highest BCUT2D eigenvalue weighted by Crippen LogP contribution is 2.05. The van der Waals surface area contributed by atoms with Gasteiger partial charge in [0, 0.05) is 13.1 Å². The molecule has 0 aliphatic rings. The number of nitrogens with two attached hydrogens (primary N) is 1. The van der Waals surface area contributed by atoms with Crippen molar-refractivity contribution >= 4 is 5.91 Å². The predicted molar refractivity (Wildman–Crippen MR) is 66.8 cm³/mol. The molecule has 0 heterocycles. The lowest BCUT2D eigenvalue weighted by Crippen LogP contribution is -2.50. The fourth-order valence-electron chi connectivity index (χ4n) is 1.74. The van der Waals surface area contributed by atoms with Crippen molar-refractivity contribution in [2.24, 2.45) is 5.84 Å². The zero-order chi connectivity index (χ0) is 12.6. The van der Waals surface area contributed by atoms with Gasteiger partial charge in [-0.1, -0.05) is 13.8 Å². The summed E-state index contributed by atoms with van der Waals surface area (Å²) in [4.78, 5) is 15.9. The van der Waals surface area contributed by atoms with Crippen LogP contribution in [0.5, 0.6) is 0 Å². The lowest BCUT2D eigenvalue weighted by Gasteiger charge is -2.30. The van der Waals surface area contributed by atoms with Crippen molar-refractivity contribution in [3.8, 4) is 0 Å². The molecule has 0 aromatic heterocycles. The van der Waals surface area contributed by atoms with Crippen LogP contribution in [0.25, 0.3) is 0 Å². The Morgan fingerprint density at radius 3 is 2.25 bits per heavy atom. The van der Waals surface area contributed by atoms with E-state index in [2.05, 4.69) is 22.1 Å². The molecule has 0 fully saturated rings. The van der Waals surface area contributed by atoms with Crippen LogP contribution in [0.1, 0.15) is 26.7 Å². The number of amides is 1. The second-order valence-corrected chi connectivity index (χ2v) is 4.27. The number of likely N-dealkylation sites (N-methyl/N-ethyl adjacent to an activating group) is 1. The molecule has 0 aliphatic carbocycles. The minimum atomic E-state index is -0.107. The van der Waals surface area contributed by atoms with Crippen LogP contribution in [0, 0.1) is 0 Å². The first-order chi connectivity index (χ1) is 7.56. The van der Waals surface area contributed by atoms with Gasteiger partial charge in [0.1, 0.15) is 0 Å². The van der Waals surface area contributed by atoms with E-state index >= 15 is 0 Å². The zero-order valence-corrected chi connectivity index (χ0v) is 11.0. The van der Waals surface area contributed by atoms with Crippen molar-refractivity contribution in [2.45, 2.75) is 32.7 Å². The standard InChI is InChI=1S/C11H26N4O/c1-5-7-15(9-8-14(3)4)10(6-2)11(16)13-12/h10H,5-9,12H2,1-4H3,(H,13,16). The minimum Gasteiger partial charge on any atom is -0.308 e. The summed E-state index contributed by atoms with van der Waals surface area (Å²) in [5.74, 6) is 5.11. The van der Waals surface area contributed by atoms with Gasteiger partial charge >= 0.3 is 0 Å². The molecule has 1 atom stereocenters. The molecule has 0 saturated carbocycles. The molecule has 1 amide bonds. The summed E-state index contributed by atoms with van der Waals surface area (Å²) in [5.41, 5.74) is 2.25. The highest BCUT2D eigenvalue weighted by atomic mass is 16.2. The molecule has 0 aromatic rings. The van der Waals surface area contributed by atoms with Crippen molar-refractivity contribution in [1.82, 2.24) is 15.2 Å². The SMILES string of the molecule is CCCN(CCN(C)C)C(CC)C(=O)NN. The number of nitrogens with zero attached hydrogens (tertiary/aromatic N) is 2. The van der Waals surface area contributed by atoms with Crippen molar-refractivity contribution in [1.29, 1.82) is 0 Å². The Morgan fingerprint density at radius 2 is 1.88 bits per heavy atom. The molecular weight excluding hydrogens is 204 g/mol. The van der Waals surface area contributed by atoms with Gasteiger partial charge in [0.15, 0.2) is 0 Å². The van der Waals surface area contributed by atoms with Crippen LogP contribution >= 0.6 is 0 Å². The Morgan fingerprint density at radius 1 is 1.25 bits per heavy atom. The van der Waals surface area contributed by atoms with Gasteiger partial charge in [0.05, 0.1) is 6.04 Å². The summed E-state index contributed by atoms with van der Waals surface area (Å²) in [6, 6.07) is -0.107. The number of hydrogen-bond donors (Lipinski definition) is 2. The fourth-order valence-corrected chi connectivity index (χ4v) is 1.74. The average Bonchev–Trinajstić information content (AvgIpc) is 2.26. The van der Waals surface area contributed by atoms with Gasteiger partial charge in [0.2, 0.25) is 0 Å². The molecule has 0 aliphatic heterocycles. The van der Waals surface area contributed by atoms with E-state index < -0.39 is 0 Å². The minimum absolute atomic E-state index is 0.0882. The number of nitrogens with one attached hydrogen (secondary N) is 1. The maximum Gasteiger partial charge on any atom is 0.251 e. The highest BCUT2D eigenvalue weighted by molar-refractivity contribution is 5.81. The third kappa shape index (κ3) is 5.44. The molecule has 5 nitrogen and oxygen atoms in total. The Labute approximate surface area is 98.9 Å². The predicted octanol–water partition coefficient (Wildman–Crippen LogP) is 0.0285. The van der Waals surface area contributed by atoms with E-state index in [-0.39, 0.29) is 11.9 Å². The Kier molecular flexibility index (Phi) is 8.15. The topological polar surface area (TPSA) is 61.6 Å². The third-order valence-electron chi connectivity index (χ3n) is 2.62. The van der Waals surface area contributed by atoms with Crippen molar-refractivity contribution < 1.29 is 4.79 Å². The first-order valence-corrected chi connectivity index (χ1v) is 5.96. The van der Waals surface area contributed by atoms with E-state index in [0.29, 0.717) is 0 Å². The Balaban J connectivity index is 4.39. The first-order valence-electron chi connectivity index (χ1n) is 5.96. The average molecular weight is 230 g/mol. The molecule has 0 saturated heterocycles. The van der Waals surface area contributed by atoms with E-state index in [1.807, 2.05) is 21.0 Å². The Hall–Kier alpha value is -0.650. The van der Waals surface area contributed by atoms with Crippen molar-refractivity contribution in [3.05, 3.63) is 0 Å². The van der Waals surface area contributed by atoms with Crippen LogP contribution in [0.4, 0.5) is 0 Å². The molecule has 0 spiro atoms. The molecule has 5 heteroatoms. The smallest absolute Gasteiger partial charge is 0.251 e. The molecule has 96 valence electrons. The normalized spacial score (nSPS) is 13.2. The van der Waals surface area contributed by atoms with E-state index in [1.54, 1.807) is 0 Å². The van der Waals surface area contributed by atoms with E-state index in [0.717, 1.165) is 32.5 Å². The molecule has 0 radical (unpaired) electrons. The number of rotatable bonds is 8. The molecule has 0 rings (SSSR count). The second-order valence-electron chi connectivity index (χ2n) is 4.27. The van der Waals surface area contributed by atoms with Crippen LogP contribution < -0.4 is 11.3 Å². The Bertz CT molecular complexity index is 196. The molecule has 3 N–H and O–H groups in total. The van der Waals surface area contributed by atoms with E-state index in [9.17, 15) is 4.79 Å². The molecular formula is C11H26N4O. The van der Waals surface area contributed by atoms with Crippen LogP contribution in [-0.2, 0) is 4.79 Å². The largest absolute Gasteiger partial charge is 0.308 e. The second kappa shape index (κ2) is 8.50. The number of carbonyl (C=O) groups is 1. The quantitative estimate of drug-likeness (QED) is 0.351. The highest BCUT2D eigenvalue weighted by Gasteiger charge is 2.22. The zero-order valence-electron chi connectivity index (χ0n) is 11.0. The summed E-state index contributed by atoms with van der Waals surface area (Å²) < 4.78 is 0. The van der Waals surface area contributed by atoms with Gasteiger partial charge < -0.3 is 4.90 Å². The van der Waals surface area contributed by atoms with Gasteiger partial charge in [-0.25, -0.2) is 5.84 Å². The van der Waals surface area contributed by atoms with Crippen LogP contribution in [0.2, 0.25) is 0 Å². The maximum absolute atomic E-state index is 11.6. The lowest BCUT2D eigenvalue weighted by molar-refractivity contribution is -0.126. The maximum atomic E-state index is 11.6. The van der Waals surface area contributed by atoms with Crippen LogP contribution in [-0.4, -0.2) is 55.5 Å². The monoisotopic (exact) mass is 230 g/mol. The van der Waals surface area contributed by atoms with Gasteiger partial charge in [-0.15, -0.1) is 0 Å². The van der Waals surface area contributed by atoms with E-state index in [1.165, 1.54) is 0 Å². The van der Waals surface area contributed by atoms with Crippen LogP contribution in [0.3, 0.4) is 0 Å². The van der Waals surface area contributed by atoms with E-state index in [4.69, 9.17) is 5.84 Å². The third-order valence-corrected chi connectivity index (χ3v) is 2.62. The van der Waals surface area contributed by atoms with Gasteiger partial charge in [-0.05, 0) is 33.5 Å². The summed E-state index contributed by atoms with van der Waals surface area (Å²) >= 11 is 0. The van der Waals surface area contributed by atoms with Gasteiger partial charge in [-0.2, -0.15) is 0 Å². The fraction of sp³-hybridized carbons (Fsp3) is 0.909. The molecule has 16 heavy (non-hydrogen) atoms. The van der Waals surface area contributed by atoms with Gasteiger partial charge in [-0.3, -0.25) is 15.1 Å². The number of hydrazine groups is 1. The summed E-state index contributed by atoms with van der Waals surface area (Å²) in [6.07, 6.45) is 1.83. The molecule has 1 unspecified atom stereocenters. The van der Waals surface area contributed by atoms with Crippen molar-refractivity contribution in [2.75, 3.05) is 33.7 Å². The summed E-state index contributed by atoms with van der Waals surface area (Å²) in [7, 11) is 4.07. The first kappa shape index (κ1) is 15.3. The number of carbonyl (C=O) groups excluding carboxylic acids is 1. The summed E-state index contributed by atoms with van der Waals surface area (Å²) in [6.45, 7) is 6.91. The molecule has 0 bridgehead atoms. The summed E-state index contributed by atoms with van der Waals surface area (Å²) in [5, 5.41) is 0. The molecule has 0 aromatic carbocycles. The lowest BCUT2D eigenvalue weighted by atomic mass is 10.1. The van der Waals surface area contributed by atoms with Gasteiger partial charge in [0.25, 0.3) is 5.91 Å².